The normalized spacial score (nSPS) is 12.1. The van der Waals surface area contributed by atoms with Gasteiger partial charge in [-0.3, -0.25) is 4.79 Å². The van der Waals surface area contributed by atoms with Gasteiger partial charge in [0.15, 0.2) is 0 Å². The van der Waals surface area contributed by atoms with Crippen molar-refractivity contribution in [1.29, 1.82) is 0 Å². The maximum Gasteiger partial charge on any atom is 0.254 e. The molecule has 1 N–H and O–H groups in total. The molecule has 3 rings (SSSR count). The van der Waals surface area contributed by atoms with Crippen LogP contribution in [0.25, 0.3) is 5.00 Å². The maximum atomic E-state index is 12.9. The van der Waals surface area contributed by atoms with E-state index in [1.807, 2.05) is 42.1 Å². The molecule has 4 heteroatoms. The zero-order valence-corrected chi connectivity index (χ0v) is 15.8. The lowest BCUT2D eigenvalue weighted by Crippen LogP contribution is -2.33. The first kappa shape index (κ1) is 17.5. The Morgan fingerprint density at radius 3 is 2.48 bits per heavy atom. The predicted octanol–water partition coefficient (Wildman–Crippen LogP) is 4.91. The number of carbonyl (C=O) groups is 1. The third kappa shape index (κ3) is 4.02. The minimum Gasteiger partial charge on any atom is -0.349 e. The number of aromatic nitrogens is 1. The Balaban J connectivity index is 1.71. The first-order valence-corrected chi connectivity index (χ1v) is 9.46. The van der Waals surface area contributed by atoms with Gasteiger partial charge in [-0.25, -0.2) is 0 Å². The smallest absolute Gasteiger partial charge is 0.254 e. The van der Waals surface area contributed by atoms with Gasteiger partial charge in [0.2, 0.25) is 0 Å². The van der Waals surface area contributed by atoms with Crippen LogP contribution in [0, 0.1) is 13.8 Å². The van der Waals surface area contributed by atoms with E-state index in [0.717, 1.165) is 29.0 Å². The lowest BCUT2D eigenvalue weighted by atomic mass is 10.1. The van der Waals surface area contributed by atoms with Gasteiger partial charge in [-0.2, -0.15) is 0 Å². The molecule has 0 aliphatic rings. The van der Waals surface area contributed by atoms with Gasteiger partial charge in [0, 0.05) is 23.3 Å². The van der Waals surface area contributed by atoms with Crippen LogP contribution in [-0.4, -0.2) is 16.5 Å². The number of aryl methyl sites for hydroxylation is 2. The molecule has 0 fully saturated rings. The molecule has 0 unspecified atom stereocenters. The second-order valence-corrected chi connectivity index (χ2v) is 7.66. The molecule has 0 aliphatic carbocycles. The highest BCUT2D eigenvalue weighted by Gasteiger charge is 2.21. The molecule has 3 aromatic rings. The number of thiophene rings is 1. The standard InChI is InChI=1S/C21H24N2OS/c1-15(11-12-18-9-5-4-6-10-18)22-20(24)19-16(2)17(3)25-21(19)23-13-7-8-14-23/h4-10,13-15H,11-12H2,1-3H3,(H,22,24)/t15-/m1/s1. The van der Waals surface area contributed by atoms with Crippen molar-refractivity contribution in [1.82, 2.24) is 9.88 Å². The molecule has 0 aliphatic heterocycles. The maximum absolute atomic E-state index is 12.9. The van der Waals surface area contributed by atoms with Crippen LogP contribution in [0.15, 0.2) is 54.9 Å². The van der Waals surface area contributed by atoms with E-state index in [9.17, 15) is 4.79 Å². The second kappa shape index (κ2) is 7.70. The Morgan fingerprint density at radius 2 is 1.80 bits per heavy atom. The fourth-order valence-corrected chi connectivity index (χ4v) is 4.04. The Morgan fingerprint density at radius 1 is 1.12 bits per heavy atom. The van der Waals surface area contributed by atoms with Crippen molar-refractivity contribution in [3.05, 3.63) is 76.4 Å². The molecule has 1 atom stereocenters. The summed E-state index contributed by atoms with van der Waals surface area (Å²) < 4.78 is 2.02. The minimum atomic E-state index is 0.0195. The topological polar surface area (TPSA) is 34.0 Å². The molecule has 1 aromatic carbocycles. The summed E-state index contributed by atoms with van der Waals surface area (Å²) in [6.07, 6.45) is 5.87. The summed E-state index contributed by atoms with van der Waals surface area (Å²) in [5.74, 6) is 0.0195. The highest BCUT2D eigenvalue weighted by atomic mass is 32.1. The van der Waals surface area contributed by atoms with Crippen LogP contribution >= 0.6 is 11.3 Å². The Bertz CT molecular complexity index is 834. The molecule has 0 radical (unpaired) electrons. The van der Waals surface area contributed by atoms with Crippen LogP contribution < -0.4 is 5.32 Å². The van der Waals surface area contributed by atoms with Crippen LogP contribution in [0.3, 0.4) is 0 Å². The van der Waals surface area contributed by atoms with Crippen LogP contribution in [0.5, 0.6) is 0 Å². The molecular weight excluding hydrogens is 328 g/mol. The number of nitrogens with one attached hydrogen (secondary N) is 1. The van der Waals surface area contributed by atoms with Crippen LogP contribution in [0.2, 0.25) is 0 Å². The number of nitrogens with zero attached hydrogens (tertiary/aromatic N) is 1. The molecule has 2 heterocycles. The highest BCUT2D eigenvalue weighted by Crippen LogP contribution is 2.31. The lowest BCUT2D eigenvalue weighted by Gasteiger charge is -2.15. The monoisotopic (exact) mass is 352 g/mol. The molecule has 0 saturated carbocycles. The van der Waals surface area contributed by atoms with E-state index >= 15 is 0 Å². The van der Waals surface area contributed by atoms with Crippen molar-refractivity contribution in [2.45, 2.75) is 39.7 Å². The Labute approximate surface area is 153 Å². The number of hydrogen-bond acceptors (Lipinski definition) is 2. The van der Waals surface area contributed by atoms with Crippen LogP contribution in [0.1, 0.15) is 39.7 Å². The number of carbonyl (C=O) groups excluding carboxylic acids is 1. The first-order chi connectivity index (χ1) is 12.1. The van der Waals surface area contributed by atoms with E-state index in [1.165, 1.54) is 10.4 Å². The largest absolute Gasteiger partial charge is 0.349 e. The quantitative estimate of drug-likeness (QED) is 0.672. The summed E-state index contributed by atoms with van der Waals surface area (Å²) in [4.78, 5) is 14.1. The summed E-state index contributed by atoms with van der Waals surface area (Å²) in [7, 11) is 0. The summed E-state index contributed by atoms with van der Waals surface area (Å²) in [5.41, 5.74) is 3.17. The molecule has 1 amide bonds. The average Bonchev–Trinajstić information content (AvgIpc) is 3.23. The highest BCUT2D eigenvalue weighted by molar-refractivity contribution is 7.15. The zero-order chi connectivity index (χ0) is 17.8. The SMILES string of the molecule is Cc1sc(-n2cccc2)c(C(=O)N[C@H](C)CCc2ccccc2)c1C. The third-order valence-corrected chi connectivity index (χ3v) is 5.74. The number of rotatable bonds is 6. The van der Waals surface area contributed by atoms with Crippen molar-refractivity contribution in [3.63, 3.8) is 0 Å². The molecule has 130 valence electrons. The van der Waals surface area contributed by atoms with E-state index in [-0.39, 0.29) is 11.9 Å². The first-order valence-electron chi connectivity index (χ1n) is 8.64. The Hall–Kier alpha value is -2.33. The van der Waals surface area contributed by atoms with Crippen molar-refractivity contribution >= 4 is 17.2 Å². The molecule has 2 aromatic heterocycles. The van der Waals surface area contributed by atoms with Crippen molar-refractivity contribution in [2.75, 3.05) is 0 Å². The molecule has 0 spiro atoms. The summed E-state index contributed by atoms with van der Waals surface area (Å²) in [6, 6.07) is 14.5. The van der Waals surface area contributed by atoms with Crippen LogP contribution in [0.4, 0.5) is 0 Å². The van der Waals surface area contributed by atoms with Crippen molar-refractivity contribution in [2.24, 2.45) is 0 Å². The molecule has 25 heavy (non-hydrogen) atoms. The minimum absolute atomic E-state index is 0.0195. The molecule has 0 saturated heterocycles. The summed E-state index contributed by atoms with van der Waals surface area (Å²) in [6.45, 7) is 6.18. The fraction of sp³-hybridized carbons (Fsp3) is 0.286. The van der Waals surface area contributed by atoms with Gasteiger partial charge in [-0.1, -0.05) is 30.3 Å². The summed E-state index contributed by atoms with van der Waals surface area (Å²) >= 11 is 1.67. The third-order valence-electron chi connectivity index (χ3n) is 4.52. The van der Waals surface area contributed by atoms with Gasteiger partial charge in [-0.05, 0) is 56.9 Å². The van der Waals surface area contributed by atoms with Gasteiger partial charge < -0.3 is 9.88 Å². The second-order valence-electron chi connectivity index (χ2n) is 6.45. The van der Waals surface area contributed by atoms with Crippen molar-refractivity contribution < 1.29 is 4.79 Å². The van der Waals surface area contributed by atoms with Gasteiger partial charge in [-0.15, -0.1) is 11.3 Å². The zero-order valence-electron chi connectivity index (χ0n) is 15.0. The Kier molecular flexibility index (Phi) is 5.39. The number of hydrogen-bond donors (Lipinski definition) is 1. The number of amides is 1. The van der Waals surface area contributed by atoms with E-state index in [4.69, 9.17) is 0 Å². The van der Waals surface area contributed by atoms with E-state index in [2.05, 4.69) is 43.4 Å². The fourth-order valence-electron chi connectivity index (χ4n) is 2.92. The molecular formula is C21H24N2OS. The lowest BCUT2D eigenvalue weighted by molar-refractivity contribution is 0.0938. The van der Waals surface area contributed by atoms with Gasteiger partial charge in [0.25, 0.3) is 5.91 Å². The molecule has 0 bridgehead atoms. The predicted molar refractivity (Wildman–Crippen MR) is 105 cm³/mol. The summed E-state index contributed by atoms with van der Waals surface area (Å²) in [5, 5.41) is 4.17. The van der Waals surface area contributed by atoms with E-state index in [0.29, 0.717) is 0 Å². The van der Waals surface area contributed by atoms with E-state index < -0.39 is 0 Å². The van der Waals surface area contributed by atoms with E-state index in [1.54, 1.807) is 11.3 Å². The van der Waals surface area contributed by atoms with Gasteiger partial charge in [0.05, 0.1) is 5.56 Å². The van der Waals surface area contributed by atoms with Crippen LogP contribution in [-0.2, 0) is 6.42 Å². The average molecular weight is 353 g/mol. The van der Waals surface area contributed by atoms with Gasteiger partial charge >= 0.3 is 0 Å². The molecule has 3 nitrogen and oxygen atoms in total. The number of benzene rings is 1. The van der Waals surface area contributed by atoms with Crippen molar-refractivity contribution in [3.8, 4) is 5.00 Å². The van der Waals surface area contributed by atoms with Gasteiger partial charge in [0.1, 0.15) is 5.00 Å².